The van der Waals surface area contributed by atoms with Gasteiger partial charge >= 0.3 is 0 Å². The van der Waals surface area contributed by atoms with Gasteiger partial charge in [0.05, 0.1) is 4.92 Å². The van der Waals surface area contributed by atoms with Crippen molar-refractivity contribution < 1.29 is 4.92 Å². The minimum atomic E-state index is -0.468. The Balaban J connectivity index is 2.72. The van der Waals surface area contributed by atoms with Crippen LogP contribution < -0.4 is 5.32 Å². The fourth-order valence-electron chi connectivity index (χ4n) is 1.60. The summed E-state index contributed by atoms with van der Waals surface area (Å²) < 4.78 is 0. The van der Waals surface area contributed by atoms with E-state index in [1.165, 1.54) is 6.07 Å². The van der Waals surface area contributed by atoms with E-state index in [0.717, 1.165) is 25.1 Å². The summed E-state index contributed by atoms with van der Waals surface area (Å²) >= 11 is 5.74. The van der Waals surface area contributed by atoms with Crippen molar-refractivity contribution in [3.63, 3.8) is 0 Å². The van der Waals surface area contributed by atoms with E-state index in [2.05, 4.69) is 19.2 Å². The summed E-state index contributed by atoms with van der Waals surface area (Å²) in [4.78, 5) is 10.3. The predicted molar refractivity (Wildman–Crippen MR) is 70.7 cm³/mol. The third-order valence-electron chi connectivity index (χ3n) is 2.89. The topological polar surface area (TPSA) is 55.2 Å². The molecule has 0 aliphatic heterocycles. The van der Waals surface area contributed by atoms with Gasteiger partial charge in [0.1, 0.15) is 5.02 Å². The van der Waals surface area contributed by atoms with E-state index in [1.807, 2.05) is 0 Å². The van der Waals surface area contributed by atoms with Crippen molar-refractivity contribution in [2.24, 2.45) is 5.92 Å². The van der Waals surface area contributed by atoms with Gasteiger partial charge in [0.2, 0.25) is 0 Å². The molecule has 0 aromatic heterocycles. The van der Waals surface area contributed by atoms with Crippen LogP contribution in [0.3, 0.4) is 0 Å². The molecule has 1 aromatic rings. The van der Waals surface area contributed by atoms with E-state index in [9.17, 15) is 10.1 Å². The van der Waals surface area contributed by atoms with Gasteiger partial charge in [-0.2, -0.15) is 0 Å². The molecule has 0 amide bonds. The highest BCUT2D eigenvalue weighted by Gasteiger charge is 2.13. The molecule has 1 N–H and O–H groups in total. The molecule has 1 rings (SSSR count). The van der Waals surface area contributed by atoms with Crippen molar-refractivity contribution in [3.8, 4) is 0 Å². The molecule has 0 bridgehead atoms. The first kappa shape index (κ1) is 13.8. The fraction of sp³-hybridized carbons (Fsp3) is 0.500. The van der Waals surface area contributed by atoms with Crippen LogP contribution >= 0.6 is 11.6 Å². The second kappa shape index (κ2) is 6.45. The predicted octanol–water partition coefficient (Wildman–Crippen LogP) is 4.10. The summed E-state index contributed by atoms with van der Waals surface area (Å²) in [6, 6.07) is 4.79. The van der Waals surface area contributed by atoms with Crippen molar-refractivity contribution in [1.82, 2.24) is 0 Å². The number of hydrogen-bond acceptors (Lipinski definition) is 3. The lowest BCUT2D eigenvalue weighted by Gasteiger charge is -2.14. The average Bonchev–Trinajstić information content (AvgIpc) is 2.32. The summed E-state index contributed by atoms with van der Waals surface area (Å²) in [5.74, 6) is 0.588. The molecule has 0 atom stereocenters. The third-order valence-corrected chi connectivity index (χ3v) is 3.21. The molecule has 4 nitrogen and oxygen atoms in total. The molecule has 1 aromatic carbocycles. The Hall–Kier alpha value is -1.29. The number of benzene rings is 1. The summed E-state index contributed by atoms with van der Waals surface area (Å²) in [6.07, 6.45) is 2.19. The van der Waals surface area contributed by atoms with Crippen LogP contribution in [0, 0.1) is 16.0 Å². The maximum Gasteiger partial charge on any atom is 0.289 e. The number of hydrogen-bond donors (Lipinski definition) is 1. The molecule has 0 saturated heterocycles. The second-order valence-electron chi connectivity index (χ2n) is 3.99. The Morgan fingerprint density at radius 1 is 1.41 bits per heavy atom. The van der Waals surface area contributed by atoms with Gasteiger partial charge in [-0.25, -0.2) is 0 Å². The van der Waals surface area contributed by atoms with E-state index in [1.54, 1.807) is 12.1 Å². The minimum absolute atomic E-state index is 0.0544. The Labute approximate surface area is 106 Å². The number of nitro benzene ring substituents is 1. The molecular formula is C12H17ClN2O2. The van der Waals surface area contributed by atoms with Crippen LogP contribution in [0.15, 0.2) is 18.2 Å². The number of rotatable bonds is 6. The van der Waals surface area contributed by atoms with E-state index < -0.39 is 4.92 Å². The Bertz CT molecular complexity index is 392. The van der Waals surface area contributed by atoms with Crippen LogP contribution in [-0.4, -0.2) is 11.5 Å². The molecule has 0 heterocycles. The van der Waals surface area contributed by atoms with Crippen LogP contribution in [-0.2, 0) is 0 Å². The largest absolute Gasteiger partial charge is 0.385 e. The van der Waals surface area contributed by atoms with Gasteiger partial charge in [-0.05, 0) is 18.1 Å². The normalized spacial score (nSPS) is 10.6. The van der Waals surface area contributed by atoms with E-state index in [-0.39, 0.29) is 10.7 Å². The number of nitrogens with one attached hydrogen (secondary N) is 1. The summed E-state index contributed by atoms with van der Waals surface area (Å²) in [6.45, 7) is 5.10. The summed E-state index contributed by atoms with van der Waals surface area (Å²) in [5, 5.41) is 14.1. The molecule has 0 saturated carbocycles. The Morgan fingerprint density at radius 3 is 2.59 bits per heavy atom. The smallest absolute Gasteiger partial charge is 0.289 e. The van der Waals surface area contributed by atoms with Gasteiger partial charge in [-0.1, -0.05) is 38.3 Å². The standard InChI is InChI=1S/C12H17ClN2O2/c1-3-9(4-2)8-14-10-5-6-11(13)12(7-10)15(16)17/h5-7,9,14H,3-4,8H2,1-2H3. The van der Waals surface area contributed by atoms with Crippen molar-refractivity contribution in [2.75, 3.05) is 11.9 Å². The van der Waals surface area contributed by atoms with Crippen LogP contribution in [0.2, 0.25) is 5.02 Å². The third kappa shape index (κ3) is 3.89. The van der Waals surface area contributed by atoms with Gasteiger partial charge in [-0.3, -0.25) is 10.1 Å². The summed E-state index contributed by atoms with van der Waals surface area (Å²) in [7, 11) is 0. The molecule has 0 aliphatic rings. The van der Waals surface area contributed by atoms with Crippen LogP contribution in [0.25, 0.3) is 0 Å². The first-order valence-corrected chi connectivity index (χ1v) is 6.14. The zero-order valence-electron chi connectivity index (χ0n) is 10.1. The van der Waals surface area contributed by atoms with Gasteiger partial charge in [0, 0.05) is 18.3 Å². The molecular weight excluding hydrogens is 240 g/mol. The van der Waals surface area contributed by atoms with E-state index in [0.29, 0.717) is 5.92 Å². The number of halogens is 1. The van der Waals surface area contributed by atoms with E-state index >= 15 is 0 Å². The fourth-order valence-corrected chi connectivity index (χ4v) is 1.79. The lowest BCUT2D eigenvalue weighted by Crippen LogP contribution is -2.12. The van der Waals surface area contributed by atoms with Crippen LogP contribution in [0.5, 0.6) is 0 Å². The lowest BCUT2D eigenvalue weighted by atomic mass is 10.0. The molecule has 17 heavy (non-hydrogen) atoms. The van der Waals surface area contributed by atoms with E-state index in [4.69, 9.17) is 11.6 Å². The highest BCUT2D eigenvalue weighted by atomic mass is 35.5. The highest BCUT2D eigenvalue weighted by molar-refractivity contribution is 6.32. The van der Waals surface area contributed by atoms with Crippen molar-refractivity contribution >= 4 is 23.0 Å². The zero-order chi connectivity index (χ0) is 12.8. The maximum absolute atomic E-state index is 10.7. The molecule has 0 unspecified atom stereocenters. The van der Waals surface area contributed by atoms with Gasteiger partial charge in [0.15, 0.2) is 0 Å². The number of anilines is 1. The number of nitrogens with zero attached hydrogens (tertiary/aromatic N) is 1. The van der Waals surface area contributed by atoms with Crippen LogP contribution in [0.1, 0.15) is 26.7 Å². The molecule has 5 heteroatoms. The second-order valence-corrected chi connectivity index (χ2v) is 4.39. The van der Waals surface area contributed by atoms with Crippen molar-refractivity contribution in [2.45, 2.75) is 26.7 Å². The monoisotopic (exact) mass is 256 g/mol. The number of nitro groups is 1. The first-order valence-electron chi connectivity index (χ1n) is 5.76. The molecule has 0 aliphatic carbocycles. The summed E-state index contributed by atoms with van der Waals surface area (Å²) in [5.41, 5.74) is 0.689. The highest BCUT2D eigenvalue weighted by Crippen LogP contribution is 2.27. The molecule has 94 valence electrons. The molecule has 0 radical (unpaired) electrons. The van der Waals surface area contributed by atoms with Crippen LogP contribution in [0.4, 0.5) is 11.4 Å². The maximum atomic E-state index is 10.7. The van der Waals surface area contributed by atoms with Crippen molar-refractivity contribution in [3.05, 3.63) is 33.3 Å². The zero-order valence-corrected chi connectivity index (χ0v) is 10.8. The quantitative estimate of drug-likeness (QED) is 0.616. The van der Waals surface area contributed by atoms with Crippen molar-refractivity contribution in [1.29, 1.82) is 0 Å². The Morgan fingerprint density at radius 2 is 2.06 bits per heavy atom. The van der Waals surface area contributed by atoms with Gasteiger partial charge in [0.25, 0.3) is 5.69 Å². The van der Waals surface area contributed by atoms with Gasteiger partial charge < -0.3 is 5.32 Å². The SMILES string of the molecule is CCC(CC)CNc1ccc(Cl)c([N+](=O)[O-])c1. The minimum Gasteiger partial charge on any atom is -0.385 e. The average molecular weight is 257 g/mol. The first-order chi connectivity index (χ1) is 8.08. The lowest BCUT2D eigenvalue weighted by molar-refractivity contribution is -0.384. The molecule has 0 spiro atoms. The van der Waals surface area contributed by atoms with Gasteiger partial charge in [-0.15, -0.1) is 0 Å². The Kier molecular flexibility index (Phi) is 5.22. The molecule has 0 fully saturated rings.